The van der Waals surface area contributed by atoms with E-state index >= 15 is 0 Å². The van der Waals surface area contributed by atoms with E-state index in [1.807, 2.05) is 12.1 Å². The predicted molar refractivity (Wildman–Crippen MR) is 53.0 cm³/mol. The second-order valence-corrected chi connectivity index (χ2v) is 3.16. The lowest BCUT2D eigenvalue weighted by molar-refractivity contribution is 0.472. The minimum absolute atomic E-state index is 0.213. The van der Waals surface area contributed by atoms with E-state index in [4.69, 9.17) is 10.2 Å². The third-order valence-corrected chi connectivity index (χ3v) is 2.21. The van der Waals surface area contributed by atoms with Crippen LogP contribution in [0.15, 0.2) is 22.9 Å². The molecule has 0 bridgehead atoms. The van der Waals surface area contributed by atoms with Crippen molar-refractivity contribution in [2.24, 2.45) is 5.73 Å². The lowest BCUT2D eigenvalue weighted by Gasteiger charge is -2.02. The summed E-state index contributed by atoms with van der Waals surface area (Å²) in [6.45, 7) is 0.621. The molecular weight excluding hydrogens is 180 g/mol. The van der Waals surface area contributed by atoms with Gasteiger partial charge < -0.3 is 15.3 Å². The summed E-state index contributed by atoms with van der Waals surface area (Å²) in [5.41, 5.74) is 7.41. The SMILES string of the molecule is NCCCc1ccc2ocnc2c1O. The molecule has 2 aromatic rings. The molecule has 4 heteroatoms. The van der Waals surface area contributed by atoms with Gasteiger partial charge in [0.05, 0.1) is 0 Å². The number of phenols is 1. The minimum atomic E-state index is 0.213. The molecule has 14 heavy (non-hydrogen) atoms. The van der Waals surface area contributed by atoms with Gasteiger partial charge in [-0.3, -0.25) is 0 Å². The smallest absolute Gasteiger partial charge is 0.182 e. The van der Waals surface area contributed by atoms with Gasteiger partial charge in [0.25, 0.3) is 0 Å². The number of aromatic nitrogens is 1. The Bertz CT molecular complexity index is 437. The molecule has 1 aromatic carbocycles. The van der Waals surface area contributed by atoms with Crippen molar-refractivity contribution in [3.8, 4) is 5.75 Å². The zero-order valence-electron chi connectivity index (χ0n) is 7.73. The number of oxazole rings is 1. The molecule has 0 unspecified atom stereocenters. The number of nitrogens with two attached hydrogens (primary N) is 1. The first-order valence-electron chi connectivity index (χ1n) is 4.57. The van der Waals surface area contributed by atoms with Gasteiger partial charge in [-0.2, -0.15) is 0 Å². The first kappa shape index (κ1) is 9.02. The van der Waals surface area contributed by atoms with Crippen molar-refractivity contribution < 1.29 is 9.52 Å². The number of benzene rings is 1. The average molecular weight is 192 g/mol. The van der Waals surface area contributed by atoms with Gasteiger partial charge in [0.1, 0.15) is 5.75 Å². The summed E-state index contributed by atoms with van der Waals surface area (Å²) in [4.78, 5) is 3.94. The van der Waals surface area contributed by atoms with E-state index in [9.17, 15) is 5.11 Å². The van der Waals surface area contributed by atoms with Gasteiger partial charge >= 0.3 is 0 Å². The van der Waals surface area contributed by atoms with E-state index in [-0.39, 0.29) is 5.75 Å². The standard InChI is InChI=1S/C10H12N2O2/c11-5-1-2-7-3-4-8-9(10(7)13)12-6-14-8/h3-4,6,13H,1-2,5,11H2. The van der Waals surface area contributed by atoms with Crippen LogP contribution in [0.1, 0.15) is 12.0 Å². The van der Waals surface area contributed by atoms with Crippen LogP contribution in [0.4, 0.5) is 0 Å². The average Bonchev–Trinajstić information content (AvgIpc) is 2.66. The van der Waals surface area contributed by atoms with Gasteiger partial charge in [-0.1, -0.05) is 6.07 Å². The Hall–Kier alpha value is -1.55. The van der Waals surface area contributed by atoms with Crippen molar-refractivity contribution in [3.05, 3.63) is 24.1 Å². The van der Waals surface area contributed by atoms with Crippen LogP contribution in [0.25, 0.3) is 11.1 Å². The van der Waals surface area contributed by atoms with Crippen LogP contribution in [0.5, 0.6) is 5.75 Å². The Kier molecular flexibility index (Phi) is 2.37. The number of rotatable bonds is 3. The van der Waals surface area contributed by atoms with Crippen LogP contribution >= 0.6 is 0 Å². The summed E-state index contributed by atoms with van der Waals surface area (Å²) < 4.78 is 5.06. The fourth-order valence-corrected chi connectivity index (χ4v) is 1.45. The summed E-state index contributed by atoms with van der Waals surface area (Å²) in [5.74, 6) is 0.213. The van der Waals surface area contributed by atoms with Crippen LogP contribution in [-0.4, -0.2) is 16.6 Å². The van der Waals surface area contributed by atoms with E-state index in [0.717, 1.165) is 18.4 Å². The molecule has 3 N–H and O–H groups in total. The van der Waals surface area contributed by atoms with Crippen molar-refractivity contribution in [3.63, 3.8) is 0 Å². The van der Waals surface area contributed by atoms with Crippen LogP contribution in [-0.2, 0) is 6.42 Å². The number of fused-ring (bicyclic) bond motifs is 1. The largest absolute Gasteiger partial charge is 0.505 e. The second kappa shape index (κ2) is 3.67. The zero-order chi connectivity index (χ0) is 9.97. The number of aryl methyl sites for hydroxylation is 1. The van der Waals surface area contributed by atoms with Crippen molar-refractivity contribution in [1.82, 2.24) is 4.98 Å². The molecule has 74 valence electrons. The lowest BCUT2D eigenvalue weighted by atomic mass is 10.1. The second-order valence-electron chi connectivity index (χ2n) is 3.16. The minimum Gasteiger partial charge on any atom is -0.505 e. The third-order valence-electron chi connectivity index (χ3n) is 2.21. The van der Waals surface area contributed by atoms with E-state index in [1.165, 1.54) is 6.39 Å². The monoisotopic (exact) mass is 192 g/mol. The molecule has 4 nitrogen and oxygen atoms in total. The molecule has 1 aromatic heterocycles. The van der Waals surface area contributed by atoms with Crippen molar-refractivity contribution in [2.45, 2.75) is 12.8 Å². The van der Waals surface area contributed by atoms with E-state index < -0.39 is 0 Å². The summed E-state index contributed by atoms with van der Waals surface area (Å²) in [7, 11) is 0. The molecule has 2 rings (SSSR count). The molecule has 0 fully saturated rings. The molecule has 0 saturated carbocycles. The van der Waals surface area contributed by atoms with Gasteiger partial charge in [-0.05, 0) is 31.0 Å². The van der Waals surface area contributed by atoms with Crippen LogP contribution in [0.2, 0.25) is 0 Å². The van der Waals surface area contributed by atoms with E-state index in [1.54, 1.807) is 0 Å². The maximum Gasteiger partial charge on any atom is 0.182 e. The summed E-state index contributed by atoms with van der Waals surface area (Å²) in [6.07, 6.45) is 2.96. The summed E-state index contributed by atoms with van der Waals surface area (Å²) >= 11 is 0. The fraction of sp³-hybridized carbons (Fsp3) is 0.300. The summed E-state index contributed by atoms with van der Waals surface area (Å²) in [5, 5.41) is 9.80. The van der Waals surface area contributed by atoms with E-state index in [2.05, 4.69) is 4.98 Å². The molecule has 0 aliphatic carbocycles. The molecule has 0 saturated heterocycles. The maximum atomic E-state index is 9.80. The third kappa shape index (κ3) is 1.44. The Morgan fingerprint density at radius 3 is 3.07 bits per heavy atom. The number of phenolic OH excluding ortho intramolecular Hbond substituents is 1. The zero-order valence-corrected chi connectivity index (χ0v) is 7.73. The number of hydrogen-bond acceptors (Lipinski definition) is 4. The highest BCUT2D eigenvalue weighted by atomic mass is 16.3. The van der Waals surface area contributed by atoms with E-state index in [0.29, 0.717) is 17.6 Å². The number of hydrogen-bond donors (Lipinski definition) is 2. The highest BCUT2D eigenvalue weighted by Crippen LogP contribution is 2.27. The molecule has 0 aliphatic heterocycles. The number of aromatic hydroxyl groups is 1. The first-order valence-corrected chi connectivity index (χ1v) is 4.57. The lowest BCUT2D eigenvalue weighted by Crippen LogP contribution is -2.00. The number of nitrogens with zero attached hydrogens (tertiary/aromatic N) is 1. The molecule has 1 heterocycles. The van der Waals surface area contributed by atoms with Crippen molar-refractivity contribution in [2.75, 3.05) is 6.54 Å². The molecule has 0 atom stereocenters. The molecule has 0 spiro atoms. The molecule has 0 amide bonds. The Balaban J connectivity index is 2.40. The Morgan fingerprint density at radius 1 is 1.43 bits per heavy atom. The van der Waals surface area contributed by atoms with Crippen molar-refractivity contribution in [1.29, 1.82) is 0 Å². The van der Waals surface area contributed by atoms with Crippen molar-refractivity contribution >= 4 is 11.1 Å². The molecular formula is C10H12N2O2. The first-order chi connectivity index (χ1) is 6.83. The predicted octanol–water partition coefficient (Wildman–Crippen LogP) is 1.42. The maximum absolute atomic E-state index is 9.80. The van der Waals surface area contributed by atoms with Gasteiger partial charge in [0.15, 0.2) is 17.5 Å². The van der Waals surface area contributed by atoms with Gasteiger partial charge in [-0.15, -0.1) is 0 Å². The molecule has 0 radical (unpaired) electrons. The van der Waals surface area contributed by atoms with Gasteiger partial charge in [0.2, 0.25) is 0 Å². The highest BCUT2D eigenvalue weighted by molar-refractivity contribution is 5.80. The topological polar surface area (TPSA) is 72.3 Å². The summed E-state index contributed by atoms with van der Waals surface area (Å²) in [6, 6.07) is 3.66. The normalized spacial score (nSPS) is 10.9. The molecule has 0 aliphatic rings. The van der Waals surface area contributed by atoms with Crippen LogP contribution in [0, 0.1) is 0 Å². The van der Waals surface area contributed by atoms with Gasteiger partial charge in [-0.25, -0.2) is 4.98 Å². The fourth-order valence-electron chi connectivity index (χ4n) is 1.45. The quantitative estimate of drug-likeness (QED) is 0.771. The highest BCUT2D eigenvalue weighted by Gasteiger charge is 2.08. The Morgan fingerprint density at radius 2 is 2.29 bits per heavy atom. The van der Waals surface area contributed by atoms with Crippen LogP contribution < -0.4 is 5.73 Å². The van der Waals surface area contributed by atoms with Crippen LogP contribution in [0.3, 0.4) is 0 Å². The van der Waals surface area contributed by atoms with Gasteiger partial charge in [0, 0.05) is 0 Å². The Labute approximate surface area is 81.4 Å².